The van der Waals surface area contributed by atoms with Crippen LogP contribution in [-0.2, 0) is 0 Å². The minimum absolute atomic E-state index is 0.0485. The van der Waals surface area contributed by atoms with Crippen LogP contribution < -0.4 is 5.32 Å². The van der Waals surface area contributed by atoms with Crippen LogP contribution in [0.1, 0.15) is 23.1 Å². The largest absolute Gasteiger partial charge is 0.388 e. The third-order valence-corrected chi connectivity index (χ3v) is 3.77. The first-order valence-electron chi connectivity index (χ1n) is 6.35. The lowest BCUT2D eigenvalue weighted by atomic mass is 9.89. The Kier molecular flexibility index (Phi) is 5.14. The third kappa shape index (κ3) is 3.66. The van der Waals surface area contributed by atoms with Gasteiger partial charge in [-0.2, -0.15) is 0 Å². The van der Waals surface area contributed by atoms with E-state index in [1.807, 2.05) is 49.5 Å². The van der Waals surface area contributed by atoms with Crippen LogP contribution in [0.25, 0.3) is 0 Å². The summed E-state index contributed by atoms with van der Waals surface area (Å²) in [5, 5.41) is 13.8. The molecule has 0 heterocycles. The molecule has 2 aromatic rings. The topological polar surface area (TPSA) is 32.3 Å². The van der Waals surface area contributed by atoms with Crippen LogP contribution in [0.2, 0.25) is 0 Å². The molecule has 0 amide bonds. The average Bonchev–Trinajstić information content (AvgIpc) is 2.46. The Hall–Kier alpha value is -1.16. The van der Waals surface area contributed by atoms with E-state index in [2.05, 4.69) is 33.4 Å². The number of benzene rings is 2. The molecule has 0 aliphatic heterocycles. The standard InChI is InChI=1S/C16H18BrNO/c1-18-11-15(12-5-3-2-4-6-12)16(19)13-7-9-14(17)10-8-13/h2-10,15-16,18-19H,11H2,1H3/t15-,16+/m0/s1. The molecule has 19 heavy (non-hydrogen) atoms. The molecule has 0 unspecified atom stereocenters. The predicted molar refractivity (Wildman–Crippen MR) is 82.2 cm³/mol. The quantitative estimate of drug-likeness (QED) is 0.884. The smallest absolute Gasteiger partial charge is 0.0870 e. The Labute approximate surface area is 122 Å². The molecule has 0 bridgehead atoms. The number of aliphatic hydroxyl groups excluding tert-OH is 1. The minimum atomic E-state index is -0.511. The molecule has 2 N–H and O–H groups in total. The lowest BCUT2D eigenvalue weighted by Crippen LogP contribution is -2.23. The summed E-state index contributed by atoms with van der Waals surface area (Å²) >= 11 is 3.41. The second kappa shape index (κ2) is 6.85. The van der Waals surface area contributed by atoms with Crippen LogP contribution in [0, 0.1) is 0 Å². The molecule has 3 heteroatoms. The van der Waals surface area contributed by atoms with Crippen molar-refractivity contribution in [3.05, 3.63) is 70.2 Å². The molecule has 2 nitrogen and oxygen atoms in total. The summed E-state index contributed by atoms with van der Waals surface area (Å²) in [6.07, 6.45) is -0.511. The molecule has 0 saturated carbocycles. The molecule has 2 aromatic carbocycles. The van der Waals surface area contributed by atoms with Crippen LogP contribution in [0.3, 0.4) is 0 Å². The van der Waals surface area contributed by atoms with E-state index >= 15 is 0 Å². The van der Waals surface area contributed by atoms with Gasteiger partial charge in [0.05, 0.1) is 6.10 Å². The number of aliphatic hydroxyl groups is 1. The summed E-state index contributed by atoms with van der Waals surface area (Å²) in [4.78, 5) is 0. The molecule has 0 fully saturated rings. The van der Waals surface area contributed by atoms with Gasteiger partial charge in [-0.05, 0) is 30.3 Å². The number of nitrogens with one attached hydrogen (secondary N) is 1. The van der Waals surface area contributed by atoms with E-state index < -0.39 is 6.10 Å². The lowest BCUT2D eigenvalue weighted by Gasteiger charge is -2.23. The highest BCUT2D eigenvalue weighted by Crippen LogP contribution is 2.30. The number of halogens is 1. The van der Waals surface area contributed by atoms with Gasteiger partial charge < -0.3 is 10.4 Å². The second-order valence-electron chi connectivity index (χ2n) is 4.57. The van der Waals surface area contributed by atoms with Gasteiger partial charge in [0.25, 0.3) is 0 Å². The van der Waals surface area contributed by atoms with Crippen molar-refractivity contribution < 1.29 is 5.11 Å². The summed E-state index contributed by atoms with van der Waals surface area (Å²) in [5.41, 5.74) is 2.08. The molecule has 2 rings (SSSR count). The summed E-state index contributed by atoms with van der Waals surface area (Å²) in [5.74, 6) is 0.0485. The lowest BCUT2D eigenvalue weighted by molar-refractivity contribution is 0.144. The molecular weight excluding hydrogens is 302 g/mol. The number of hydrogen-bond acceptors (Lipinski definition) is 2. The van der Waals surface area contributed by atoms with Crippen LogP contribution in [0.5, 0.6) is 0 Å². The van der Waals surface area contributed by atoms with Crippen molar-refractivity contribution in [1.82, 2.24) is 5.32 Å². The van der Waals surface area contributed by atoms with Gasteiger partial charge in [-0.1, -0.05) is 58.4 Å². The first kappa shape index (κ1) is 14.3. The first-order chi connectivity index (χ1) is 9.22. The Morgan fingerprint density at radius 3 is 2.21 bits per heavy atom. The molecule has 0 aromatic heterocycles. The fraction of sp³-hybridized carbons (Fsp3) is 0.250. The maximum atomic E-state index is 10.6. The van der Waals surface area contributed by atoms with E-state index in [0.29, 0.717) is 0 Å². The van der Waals surface area contributed by atoms with Crippen molar-refractivity contribution in [2.75, 3.05) is 13.6 Å². The first-order valence-corrected chi connectivity index (χ1v) is 7.14. The fourth-order valence-electron chi connectivity index (χ4n) is 2.22. The maximum Gasteiger partial charge on any atom is 0.0870 e. The van der Waals surface area contributed by atoms with Gasteiger partial charge in [0, 0.05) is 16.9 Å². The monoisotopic (exact) mass is 319 g/mol. The fourth-order valence-corrected chi connectivity index (χ4v) is 2.49. The minimum Gasteiger partial charge on any atom is -0.388 e. The van der Waals surface area contributed by atoms with Gasteiger partial charge in [0.15, 0.2) is 0 Å². The number of rotatable bonds is 5. The Morgan fingerprint density at radius 2 is 1.63 bits per heavy atom. The molecule has 0 aliphatic carbocycles. The third-order valence-electron chi connectivity index (χ3n) is 3.24. The molecule has 100 valence electrons. The van der Waals surface area contributed by atoms with Gasteiger partial charge in [-0.3, -0.25) is 0 Å². The van der Waals surface area contributed by atoms with Gasteiger partial charge in [0.1, 0.15) is 0 Å². The van der Waals surface area contributed by atoms with E-state index in [1.165, 1.54) is 0 Å². The van der Waals surface area contributed by atoms with E-state index in [-0.39, 0.29) is 5.92 Å². The van der Waals surface area contributed by atoms with Crippen molar-refractivity contribution in [2.45, 2.75) is 12.0 Å². The van der Waals surface area contributed by atoms with E-state index in [4.69, 9.17) is 0 Å². The SMILES string of the molecule is CNC[C@@H](c1ccccc1)[C@H](O)c1ccc(Br)cc1. The van der Waals surface area contributed by atoms with Crippen LogP contribution >= 0.6 is 15.9 Å². The summed E-state index contributed by atoms with van der Waals surface area (Å²) in [6.45, 7) is 0.737. The maximum absolute atomic E-state index is 10.6. The molecule has 0 spiro atoms. The molecular formula is C16H18BrNO. The van der Waals surface area contributed by atoms with Gasteiger partial charge in [-0.25, -0.2) is 0 Å². The van der Waals surface area contributed by atoms with Crippen molar-refractivity contribution in [1.29, 1.82) is 0 Å². The van der Waals surface area contributed by atoms with E-state index in [1.54, 1.807) is 0 Å². The van der Waals surface area contributed by atoms with Crippen molar-refractivity contribution in [3.8, 4) is 0 Å². The van der Waals surface area contributed by atoms with Gasteiger partial charge >= 0.3 is 0 Å². The Bertz CT molecular complexity index is 498. The molecule has 2 atom stereocenters. The molecule has 0 saturated heterocycles. The summed E-state index contributed by atoms with van der Waals surface area (Å²) in [6, 6.07) is 18.0. The van der Waals surface area contributed by atoms with Crippen LogP contribution in [-0.4, -0.2) is 18.7 Å². The number of hydrogen-bond donors (Lipinski definition) is 2. The van der Waals surface area contributed by atoms with Crippen molar-refractivity contribution in [3.63, 3.8) is 0 Å². The van der Waals surface area contributed by atoms with E-state index in [9.17, 15) is 5.11 Å². The highest BCUT2D eigenvalue weighted by molar-refractivity contribution is 9.10. The molecule has 0 radical (unpaired) electrons. The predicted octanol–water partition coefficient (Wildman–Crippen LogP) is 3.49. The van der Waals surface area contributed by atoms with Gasteiger partial charge in [-0.15, -0.1) is 0 Å². The zero-order valence-electron chi connectivity index (χ0n) is 10.9. The van der Waals surface area contributed by atoms with Gasteiger partial charge in [0.2, 0.25) is 0 Å². The highest BCUT2D eigenvalue weighted by Gasteiger charge is 2.21. The molecule has 0 aliphatic rings. The Morgan fingerprint density at radius 1 is 1.00 bits per heavy atom. The zero-order chi connectivity index (χ0) is 13.7. The van der Waals surface area contributed by atoms with Crippen molar-refractivity contribution in [2.24, 2.45) is 0 Å². The second-order valence-corrected chi connectivity index (χ2v) is 5.49. The normalized spacial score (nSPS) is 14.1. The number of likely N-dealkylation sites (N-methyl/N-ethyl adjacent to an activating group) is 1. The average molecular weight is 320 g/mol. The van der Waals surface area contributed by atoms with Crippen LogP contribution in [0.4, 0.5) is 0 Å². The summed E-state index contributed by atoms with van der Waals surface area (Å²) in [7, 11) is 1.91. The highest BCUT2D eigenvalue weighted by atomic mass is 79.9. The van der Waals surface area contributed by atoms with E-state index in [0.717, 1.165) is 22.1 Å². The van der Waals surface area contributed by atoms with Crippen molar-refractivity contribution >= 4 is 15.9 Å². The zero-order valence-corrected chi connectivity index (χ0v) is 12.5. The Balaban J connectivity index is 2.26. The van der Waals surface area contributed by atoms with Crippen LogP contribution in [0.15, 0.2) is 59.1 Å². The summed E-state index contributed by atoms with van der Waals surface area (Å²) < 4.78 is 1.02.